The standard InChI is InChI=1S/C39H79NO5/c1-3-5-7-9-11-13-15-16-17-18-19-20-21-23-25-27-29-31-33-37(43)39(45)40-35(34-41)38(44)36(42)32-30-28-26-24-22-14-12-10-8-6-4-2/h35-38,41-44H,3-34H2,1-2H3,(H,40,45). The van der Waals surface area contributed by atoms with E-state index in [2.05, 4.69) is 19.2 Å². The molecule has 0 fully saturated rings. The van der Waals surface area contributed by atoms with Crippen LogP contribution in [0.4, 0.5) is 0 Å². The Kier molecular flexibility index (Phi) is 34.1. The molecule has 5 N–H and O–H groups in total. The lowest BCUT2D eigenvalue weighted by Crippen LogP contribution is -2.53. The van der Waals surface area contributed by atoms with Gasteiger partial charge in [0.2, 0.25) is 5.91 Å². The van der Waals surface area contributed by atoms with Gasteiger partial charge in [-0.25, -0.2) is 0 Å². The van der Waals surface area contributed by atoms with Crippen molar-refractivity contribution in [2.75, 3.05) is 6.61 Å². The van der Waals surface area contributed by atoms with Gasteiger partial charge in [-0.2, -0.15) is 0 Å². The van der Waals surface area contributed by atoms with Crippen molar-refractivity contribution in [3.05, 3.63) is 0 Å². The first-order chi connectivity index (χ1) is 22.0. The van der Waals surface area contributed by atoms with Gasteiger partial charge in [0.1, 0.15) is 12.2 Å². The molecule has 1 amide bonds. The van der Waals surface area contributed by atoms with Gasteiger partial charge in [0.15, 0.2) is 0 Å². The molecule has 0 bridgehead atoms. The van der Waals surface area contributed by atoms with E-state index in [0.29, 0.717) is 12.8 Å². The first-order valence-corrected chi connectivity index (χ1v) is 19.9. The van der Waals surface area contributed by atoms with Gasteiger partial charge >= 0.3 is 0 Å². The number of aliphatic hydroxyl groups excluding tert-OH is 4. The highest BCUT2D eigenvalue weighted by Gasteiger charge is 2.28. The monoisotopic (exact) mass is 642 g/mol. The minimum Gasteiger partial charge on any atom is -0.394 e. The highest BCUT2D eigenvalue weighted by molar-refractivity contribution is 5.80. The van der Waals surface area contributed by atoms with Crippen molar-refractivity contribution in [2.24, 2.45) is 0 Å². The van der Waals surface area contributed by atoms with Crippen molar-refractivity contribution in [3.8, 4) is 0 Å². The van der Waals surface area contributed by atoms with Gasteiger partial charge in [0.05, 0.1) is 18.8 Å². The Morgan fingerprint density at radius 3 is 1.07 bits per heavy atom. The number of hydrogen-bond donors (Lipinski definition) is 5. The summed E-state index contributed by atoms with van der Waals surface area (Å²) in [5, 5.41) is 43.5. The zero-order valence-electron chi connectivity index (χ0n) is 30.1. The van der Waals surface area contributed by atoms with E-state index in [9.17, 15) is 25.2 Å². The molecular formula is C39H79NO5. The lowest BCUT2D eigenvalue weighted by atomic mass is 9.99. The molecule has 0 rings (SSSR count). The van der Waals surface area contributed by atoms with Crippen LogP contribution in [0.3, 0.4) is 0 Å². The summed E-state index contributed by atoms with van der Waals surface area (Å²) in [5.74, 6) is -0.582. The van der Waals surface area contributed by atoms with Crippen LogP contribution in [0.5, 0.6) is 0 Å². The van der Waals surface area contributed by atoms with Crippen LogP contribution < -0.4 is 5.32 Å². The quantitative estimate of drug-likeness (QED) is 0.0438. The summed E-state index contributed by atoms with van der Waals surface area (Å²) in [6, 6.07) is -0.977. The molecule has 0 radical (unpaired) electrons. The molecule has 0 heterocycles. The van der Waals surface area contributed by atoms with Gasteiger partial charge in [-0.1, -0.05) is 200 Å². The molecule has 0 aromatic carbocycles. The Labute approximate surface area is 279 Å². The molecular weight excluding hydrogens is 562 g/mol. The summed E-state index contributed by atoms with van der Waals surface area (Å²) in [5.41, 5.74) is 0. The van der Waals surface area contributed by atoms with Crippen LogP contribution in [0, 0.1) is 0 Å². The number of aliphatic hydroxyl groups is 4. The number of hydrogen-bond acceptors (Lipinski definition) is 5. The number of carbonyl (C=O) groups is 1. The molecule has 6 nitrogen and oxygen atoms in total. The largest absolute Gasteiger partial charge is 0.394 e. The summed E-state index contributed by atoms with van der Waals surface area (Å²) < 4.78 is 0. The van der Waals surface area contributed by atoms with E-state index in [1.54, 1.807) is 0 Å². The van der Waals surface area contributed by atoms with E-state index in [4.69, 9.17) is 0 Å². The number of amides is 1. The van der Waals surface area contributed by atoms with Crippen LogP contribution in [0.2, 0.25) is 0 Å². The van der Waals surface area contributed by atoms with Crippen LogP contribution in [-0.4, -0.2) is 57.3 Å². The summed E-state index contributed by atoms with van der Waals surface area (Å²) in [6.07, 6.45) is 34.1. The Morgan fingerprint density at radius 1 is 0.467 bits per heavy atom. The highest BCUT2D eigenvalue weighted by atomic mass is 16.3. The maximum Gasteiger partial charge on any atom is 0.249 e. The van der Waals surface area contributed by atoms with Gasteiger partial charge in [0, 0.05) is 0 Å². The highest BCUT2D eigenvalue weighted by Crippen LogP contribution is 2.16. The zero-order chi connectivity index (χ0) is 33.2. The molecule has 4 unspecified atom stereocenters. The Morgan fingerprint density at radius 2 is 0.756 bits per heavy atom. The smallest absolute Gasteiger partial charge is 0.249 e. The lowest BCUT2D eigenvalue weighted by molar-refractivity contribution is -0.132. The van der Waals surface area contributed by atoms with Crippen molar-refractivity contribution in [1.82, 2.24) is 5.32 Å². The van der Waals surface area contributed by atoms with E-state index >= 15 is 0 Å². The third kappa shape index (κ3) is 29.2. The van der Waals surface area contributed by atoms with Crippen LogP contribution in [0.25, 0.3) is 0 Å². The summed E-state index contributed by atoms with van der Waals surface area (Å²) in [4.78, 5) is 12.4. The maximum absolute atomic E-state index is 12.4. The molecule has 0 aromatic rings. The van der Waals surface area contributed by atoms with Crippen molar-refractivity contribution in [1.29, 1.82) is 0 Å². The summed E-state index contributed by atoms with van der Waals surface area (Å²) >= 11 is 0. The average Bonchev–Trinajstić information content (AvgIpc) is 3.04. The van der Waals surface area contributed by atoms with Crippen LogP contribution in [0.1, 0.15) is 213 Å². The molecule has 6 heteroatoms. The zero-order valence-corrected chi connectivity index (χ0v) is 30.1. The number of nitrogens with one attached hydrogen (secondary N) is 1. The first-order valence-electron chi connectivity index (χ1n) is 19.9. The molecule has 45 heavy (non-hydrogen) atoms. The van der Waals surface area contributed by atoms with Gasteiger partial charge in [0.25, 0.3) is 0 Å². The minimum atomic E-state index is -1.25. The number of carbonyl (C=O) groups excluding carboxylic acids is 1. The van der Waals surface area contributed by atoms with E-state index in [-0.39, 0.29) is 0 Å². The average molecular weight is 642 g/mol. The van der Waals surface area contributed by atoms with Crippen LogP contribution >= 0.6 is 0 Å². The summed E-state index contributed by atoms with van der Waals surface area (Å²) in [7, 11) is 0. The van der Waals surface area contributed by atoms with E-state index < -0.39 is 36.9 Å². The molecule has 0 aliphatic heterocycles. The molecule has 0 aliphatic rings. The van der Waals surface area contributed by atoms with E-state index in [1.165, 1.54) is 148 Å². The molecule has 0 spiro atoms. The maximum atomic E-state index is 12.4. The Balaban J connectivity index is 3.72. The minimum absolute atomic E-state index is 0.375. The predicted molar refractivity (Wildman–Crippen MR) is 192 cm³/mol. The molecule has 270 valence electrons. The fraction of sp³-hybridized carbons (Fsp3) is 0.974. The molecule has 0 aromatic heterocycles. The van der Waals surface area contributed by atoms with Crippen molar-refractivity contribution in [3.63, 3.8) is 0 Å². The normalized spacial score (nSPS) is 14.4. The molecule has 0 saturated heterocycles. The van der Waals surface area contributed by atoms with Crippen molar-refractivity contribution < 1.29 is 25.2 Å². The molecule has 0 aliphatic carbocycles. The third-order valence-electron chi connectivity index (χ3n) is 9.57. The van der Waals surface area contributed by atoms with Crippen molar-refractivity contribution >= 4 is 5.91 Å². The van der Waals surface area contributed by atoms with E-state index in [1.807, 2.05) is 0 Å². The first kappa shape index (κ1) is 44.3. The fourth-order valence-corrected chi connectivity index (χ4v) is 6.34. The van der Waals surface area contributed by atoms with Gasteiger partial charge in [-0.15, -0.1) is 0 Å². The van der Waals surface area contributed by atoms with Crippen LogP contribution in [-0.2, 0) is 4.79 Å². The SMILES string of the molecule is CCCCCCCCCCCCCCCCCCCCC(O)C(=O)NC(CO)C(O)C(O)CCCCCCCCCCCCC. The summed E-state index contributed by atoms with van der Waals surface area (Å²) in [6.45, 7) is 4.04. The number of unbranched alkanes of at least 4 members (excludes halogenated alkanes) is 27. The fourth-order valence-electron chi connectivity index (χ4n) is 6.34. The molecule has 4 atom stereocenters. The van der Waals surface area contributed by atoms with Gasteiger partial charge in [-0.05, 0) is 12.8 Å². The Bertz CT molecular complexity index is 604. The number of rotatable bonds is 36. The predicted octanol–water partition coefficient (Wildman–Crippen LogP) is 9.68. The Hall–Kier alpha value is -0.690. The lowest BCUT2D eigenvalue weighted by Gasteiger charge is -2.27. The second-order valence-electron chi connectivity index (χ2n) is 14.0. The van der Waals surface area contributed by atoms with E-state index in [0.717, 1.165) is 38.5 Å². The topological polar surface area (TPSA) is 110 Å². The van der Waals surface area contributed by atoms with Crippen molar-refractivity contribution in [2.45, 2.75) is 237 Å². The second-order valence-corrected chi connectivity index (χ2v) is 14.0. The van der Waals surface area contributed by atoms with Gasteiger partial charge in [-0.3, -0.25) is 4.79 Å². The second kappa shape index (κ2) is 34.6. The van der Waals surface area contributed by atoms with Crippen LogP contribution in [0.15, 0.2) is 0 Å². The van der Waals surface area contributed by atoms with Gasteiger partial charge < -0.3 is 25.7 Å². The molecule has 0 saturated carbocycles. The third-order valence-corrected chi connectivity index (χ3v) is 9.57.